The predicted molar refractivity (Wildman–Crippen MR) is 132 cm³/mol. The normalized spacial score (nSPS) is 33.7. The maximum atomic E-state index is 13.0. The number of hydrogen-bond donors (Lipinski definition) is 3. The number of amides is 2. The van der Waals surface area contributed by atoms with Crippen molar-refractivity contribution in [2.45, 2.75) is 95.0 Å². The van der Waals surface area contributed by atoms with Gasteiger partial charge in [-0.2, -0.15) is 5.26 Å². The highest BCUT2D eigenvalue weighted by atomic mass is 16.2. The van der Waals surface area contributed by atoms with E-state index in [-0.39, 0.29) is 41.9 Å². The first-order valence-electron chi connectivity index (χ1n) is 13.6. The summed E-state index contributed by atoms with van der Waals surface area (Å²) in [5.41, 5.74) is 6.45. The third-order valence-corrected chi connectivity index (χ3v) is 8.99. The monoisotopic (exact) mass is 476 g/mol. The summed E-state index contributed by atoms with van der Waals surface area (Å²) >= 11 is 0. The molecule has 0 bridgehead atoms. The van der Waals surface area contributed by atoms with Crippen molar-refractivity contribution in [1.82, 2.24) is 20.7 Å². The first kappa shape index (κ1) is 22.8. The molecule has 2 saturated carbocycles. The Labute approximate surface area is 207 Å². The van der Waals surface area contributed by atoms with E-state index in [1.54, 1.807) is 0 Å². The summed E-state index contributed by atoms with van der Waals surface area (Å²) in [4.78, 5) is 28.0. The van der Waals surface area contributed by atoms with Gasteiger partial charge in [0.25, 0.3) is 5.91 Å². The molecule has 6 rings (SSSR count). The van der Waals surface area contributed by atoms with E-state index in [1.807, 2.05) is 12.1 Å². The van der Waals surface area contributed by atoms with Crippen LogP contribution in [0.1, 0.15) is 80.1 Å². The van der Waals surface area contributed by atoms with Crippen molar-refractivity contribution in [1.29, 1.82) is 5.26 Å². The van der Waals surface area contributed by atoms with Gasteiger partial charge in [-0.25, -0.2) is 10.4 Å². The number of carbonyl (C=O) groups is 2. The van der Waals surface area contributed by atoms with Crippen LogP contribution in [-0.2, 0) is 11.3 Å². The third-order valence-electron chi connectivity index (χ3n) is 8.99. The van der Waals surface area contributed by atoms with Gasteiger partial charge < -0.3 is 15.5 Å². The Balaban J connectivity index is 1.22. The van der Waals surface area contributed by atoms with Gasteiger partial charge in [0, 0.05) is 42.5 Å². The zero-order chi connectivity index (χ0) is 23.9. The van der Waals surface area contributed by atoms with Crippen LogP contribution in [0.2, 0.25) is 0 Å². The maximum Gasteiger partial charge on any atom is 0.254 e. The van der Waals surface area contributed by atoms with E-state index in [4.69, 9.17) is 0 Å². The Morgan fingerprint density at radius 1 is 0.971 bits per heavy atom. The van der Waals surface area contributed by atoms with E-state index in [0.717, 1.165) is 61.8 Å². The lowest BCUT2D eigenvalue weighted by Crippen LogP contribution is -2.53. The molecule has 3 N–H and O–H groups in total. The topological polar surface area (TPSA) is 100 Å². The van der Waals surface area contributed by atoms with Crippen LogP contribution in [0.4, 0.5) is 5.69 Å². The predicted octanol–water partition coefficient (Wildman–Crippen LogP) is 3.12. The smallest absolute Gasteiger partial charge is 0.254 e. The van der Waals surface area contributed by atoms with Gasteiger partial charge in [0.2, 0.25) is 5.91 Å². The minimum Gasteiger partial charge on any atom is -0.368 e. The van der Waals surface area contributed by atoms with Crippen molar-refractivity contribution < 1.29 is 9.59 Å². The molecule has 35 heavy (non-hydrogen) atoms. The molecule has 0 spiro atoms. The molecule has 2 amide bonds. The van der Waals surface area contributed by atoms with Crippen molar-refractivity contribution in [2.24, 2.45) is 11.8 Å². The summed E-state index contributed by atoms with van der Waals surface area (Å²) in [6, 6.07) is 9.14. The number of carbonyl (C=O) groups excluding carboxylic acids is 2. The Kier molecular flexibility index (Phi) is 6.15. The molecule has 3 heterocycles. The second-order valence-corrected chi connectivity index (χ2v) is 11.0. The lowest BCUT2D eigenvalue weighted by atomic mass is 9.88. The Bertz CT molecular complexity index is 1030. The van der Waals surface area contributed by atoms with Crippen molar-refractivity contribution in [3.05, 3.63) is 29.3 Å². The minimum atomic E-state index is -0.246. The fraction of sp³-hybridized carbons (Fsp3) is 0.667. The van der Waals surface area contributed by atoms with E-state index < -0.39 is 0 Å². The molecule has 0 radical (unpaired) electrons. The Morgan fingerprint density at radius 3 is 2.60 bits per heavy atom. The molecule has 1 aromatic rings. The van der Waals surface area contributed by atoms with Gasteiger partial charge in [0.15, 0.2) is 0 Å². The lowest BCUT2D eigenvalue weighted by Gasteiger charge is -2.36. The molecule has 1 aromatic carbocycles. The number of anilines is 1. The van der Waals surface area contributed by atoms with Crippen LogP contribution in [0, 0.1) is 23.2 Å². The average molecular weight is 477 g/mol. The van der Waals surface area contributed by atoms with E-state index in [1.165, 1.54) is 19.3 Å². The molecule has 8 heteroatoms. The molecule has 5 atom stereocenters. The molecule has 5 aliphatic rings. The van der Waals surface area contributed by atoms with Crippen LogP contribution in [0.3, 0.4) is 0 Å². The van der Waals surface area contributed by atoms with Crippen molar-refractivity contribution in [3.63, 3.8) is 0 Å². The van der Waals surface area contributed by atoms with Crippen molar-refractivity contribution >= 4 is 17.5 Å². The quantitative estimate of drug-likeness (QED) is 0.578. The summed E-state index contributed by atoms with van der Waals surface area (Å²) in [5, 5.41) is 18.8. The highest BCUT2D eigenvalue weighted by Gasteiger charge is 2.51. The molecular formula is C27H36N6O2. The first-order chi connectivity index (χ1) is 17.1. The number of hydrogen-bond acceptors (Lipinski definition) is 6. The second-order valence-electron chi connectivity index (χ2n) is 11.0. The van der Waals surface area contributed by atoms with Gasteiger partial charge in [-0.15, -0.1) is 0 Å². The van der Waals surface area contributed by atoms with Gasteiger partial charge in [0.1, 0.15) is 6.17 Å². The number of hydrazine groups is 1. The maximum absolute atomic E-state index is 13.0. The van der Waals surface area contributed by atoms with Gasteiger partial charge in [-0.05, 0) is 55.9 Å². The number of piperidine rings is 1. The van der Waals surface area contributed by atoms with Crippen LogP contribution >= 0.6 is 0 Å². The second kappa shape index (κ2) is 9.44. The molecule has 4 fully saturated rings. The largest absolute Gasteiger partial charge is 0.368 e. The molecule has 3 unspecified atom stereocenters. The Morgan fingerprint density at radius 2 is 1.77 bits per heavy atom. The summed E-state index contributed by atoms with van der Waals surface area (Å²) in [6.07, 6.45) is 10.6. The molecule has 2 aliphatic carbocycles. The first-order valence-corrected chi connectivity index (χ1v) is 13.6. The number of fused-ring (bicyclic) bond motifs is 2. The van der Waals surface area contributed by atoms with Gasteiger partial charge >= 0.3 is 0 Å². The minimum absolute atomic E-state index is 0.0121. The van der Waals surface area contributed by atoms with Crippen LogP contribution in [0.25, 0.3) is 0 Å². The number of nitriles is 1. The number of nitrogens with one attached hydrogen (secondary N) is 3. The summed E-state index contributed by atoms with van der Waals surface area (Å²) in [5.74, 6) is -0.0101. The van der Waals surface area contributed by atoms with Crippen LogP contribution in [0.15, 0.2) is 18.2 Å². The standard InChI is InChI=1S/C27H36N6O2/c28-15-17-6-2-1-3-9-22(17)33-23-12-13-29-26(34)24(23)25(31-33)30-19-10-11-21-18(14-19)16-32(27(21)35)20-7-4-5-8-20/h10-11,14,17,20,22-25,30-31H,1-9,12-13,16H2,(H,29,34)/t17-,22+,23?,24?,25?/m0/s1. The summed E-state index contributed by atoms with van der Waals surface area (Å²) in [6.45, 7) is 1.35. The van der Waals surface area contributed by atoms with E-state index >= 15 is 0 Å². The van der Waals surface area contributed by atoms with Crippen molar-refractivity contribution in [3.8, 4) is 6.07 Å². The van der Waals surface area contributed by atoms with Gasteiger partial charge in [-0.1, -0.05) is 32.1 Å². The molecule has 186 valence electrons. The van der Waals surface area contributed by atoms with E-state index in [2.05, 4.69) is 38.1 Å². The average Bonchev–Trinajstić information content (AvgIpc) is 3.54. The third kappa shape index (κ3) is 4.09. The van der Waals surface area contributed by atoms with Crippen LogP contribution in [0.5, 0.6) is 0 Å². The SMILES string of the molecule is N#C[C@@H]1CCCCC[C@H]1N1NC(Nc2ccc3c(c2)CN(C2CCCC2)C3=O)C2C(=O)NCCC21. The molecule has 0 aromatic heterocycles. The van der Waals surface area contributed by atoms with Gasteiger partial charge in [-0.3, -0.25) is 9.59 Å². The zero-order valence-corrected chi connectivity index (χ0v) is 20.3. The van der Waals surface area contributed by atoms with Gasteiger partial charge in [0.05, 0.1) is 17.9 Å². The highest BCUT2D eigenvalue weighted by molar-refractivity contribution is 5.99. The fourth-order valence-corrected chi connectivity index (χ4v) is 7.20. The molecule has 2 saturated heterocycles. The van der Waals surface area contributed by atoms with Crippen LogP contribution in [-0.4, -0.2) is 52.6 Å². The van der Waals surface area contributed by atoms with E-state index in [9.17, 15) is 14.9 Å². The molecular weight excluding hydrogens is 440 g/mol. The summed E-state index contributed by atoms with van der Waals surface area (Å²) < 4.78 is 0. The van der Waals surface area contributed by atoms with E-state index in [0.29, 0.717) is 19.1 Å². The zero-order valence-electron chi connectivity index (χ0n) is 20.3. The fourth-order valence-electron chi connectivity index (χ4n) is 7.20. The molecule has 8 nitrogen and oxygen atoms in total. The summed E-state index contributed by atoms with van der Waals surface area (Å²) in [7, 11) is 0. The number of nitrogens with zero attached hydrogens (tertiary/aromatic N) is 3. The van der Waals surface area contributed by atoms with Crippen LogP contribution < -0.4 is 16.1 Å². The highest BCUT2D eigenvalue weighted by Crippen LogP contribution is 2.37. The number of rotatable bonds is 4. The van der Waals surface area contributed by atoms with Crippen molar-refractivity contribution in [2.75, 3.05) is 11.9 Å². The number of benzene rings is 1. The lowest BCUT2D eigenvalue weighted by molar-refractivity contribution is -0.128. The Hall–Kier alpha value is -2.63. The molecule has 3 aliphatic heterocycles.